The molecule has 274 valence electrons. The second-order valence-corrected chi connectivity index (χ2v) is 15.8. The van der Waals surface area contributed by atoms with E-state index in [1.165, 1.54) is 0 Å². The Morgan fingerprint density at radius 1 is 0.875 bits per heavy atom. The van der Waals surface area contributed by atoms with Crippen molar-refractivity contribution in [1.29, 1.82) is 0 Å². The van der Waals surface area contributed by atoms with Gasteiger partial charge in [0.15, 0.2) is 5.60 Å². The van der Waals surface area contributed by atoms with Crippen molar-refractivity contribution < 1.29 is 54.2 Å². The molecule has 4 fully saturated rings. The molecule has 0 saturated heterocycles. The molecule has 0 spiro atoms. The maximum Gasteiger partial charge on any atom is 0.336 e. The number of Topliss-reactive ketones (excluding diaryl/α,β-unsaturated/α-hetero) is 1. The van der Waals surface area contributed by atoms with Crippen LogP contribution >= 0.6 is 0 Å². The van der Waals surface area contributed by atoms with Gasteiger partial charge < -0.3 is 30.3 Å². The zero-order chi connectivity index (χ0) is 36.2. The van der Waals surface area contributed by atoms with Crippen LogP contribution in [-0.2, 0) is 28.7 Å². The van der Waals surface area contributed by atoms with Crippen LogP contribution in [0.5, 0.6) is 0 Å². The number of carboxylic acid groups (broad SMARTS) is 3. The van der Waals surface area contributed by atoms with Crippen LogP contribution in [0.1, 0.15) is 112 Å². The molecular formula is C36H59NO11. The zero-order valence-electron chi connectivity index (χ0n) is 29.7. The van der Waals surface area contributed by atoms with E-state index in [0.29, 0.717) is 36.0 Å². The lowest BCUT2D eigenvalue weighted by molar-refractivity contribution is -0.204. The molecule has 10 atom stereocenters. The first-order valence-corrected chi connectivity index (χ1v) is 17.8. The second-order valence-electron chi connectivity index (χ2n) is 15.8. The molecule has 4 aliphatic carbocycles. The highest BCUT2D eigenvalue weighted by Crippen LogP contribution is 2.68. The summed E-state index contributed by atoms with van der Waals surface area (Å²) in [6.45, 7) is 15.2. The van der Waals surface area contributed by atoms with E-state index in [4.69, 9.17) is 25.2 Å². The minimum absolute atomic E-state index is 0.0759. The summed E-state index contributed by atoms with van der Waals surface area (Å²) in [7, 11) is 0. The van der Waals surface area contributed by atoms with Crippen molar-refractivity contribution in [2.45, 2.75) is 130 Å². The summed E-state index contributed by atoms with van der Waals surface area (Å²) in [5.41, 5.74) is -2.74. The predicted molar refractivity (Wildman–Crippen MR) is 176 cm³/mol. The van der Waals surface area contributed by atoms with Crippen molar-refractivity contribution in [3.8, 4) is 0 Å². The number of carbonyl (C=O) groups is 5. The maximum atomic E-state index is 13.4. The summed E-state index contributed by atoms with van der Waals surface area (Å²) >= 11 is 0. The zero-order valence-corrected chi connectivity index (χ0v) is 29.7. The van der Waals surface area contributed by atoms with E-state index in [1.807, 2.05) is 0 Å². The van der Waals surface area contributed by atoms with Crippen LogP contribution in [0.25, 0.3) is 0 Å². The van der Waals surface area contributed by atoms with Gasteiger partial charge in [0.25, 0.3) is 0 Å². The summed E-state index contributed by atoms with van der Waals surface area (Å²) in [4.78, 5) is 58.8. The topological polar surface area (TPSA) is 199 Å². The lowest BCUT2D eigenvalue weighted by atomic mass is 9.43. The fourth-order valence-corrected chi connectivity index (χ4v) is 10.5. The van der Waals surface area contributed by atoms with E-state index < -0.39 is 36.4 Å². The number of fused-ring (bicyclic) bond motifs is 5. The van der Waals surface area contributed by atoms with Crippen LogP contribution in [0, 0.1) is 46.3 Å². The maximum absolute atomic E-state index is 13.4. The Morgan fingerprint density at radius 3 is 1.96 bits per heavy atom. The smallest absolute Gasteiger partial charge is 0.336 e. The highest BCUT2D eigenvalue weighted by Gasteiger charge is 2.65. The molecule has 4 rings (SSSR count). The lowest BCUT2D eigenvalue weighted by Gasteiger charge is -2.63. The predicted octanol–water partition coefficient (Wildman–Crippen LogP) is 4.24. The molecule has 0 heterocycles. The quantitative estimate of drug-likeness (QED) is 0.174. The molecule has 0 radical (unpaired) electrons. The third-order valence-corrected chi connectivity index (χ3v) is 12.4. The fourth-order valence-electron chi connectivity index (χ4n) is 10.5. The minimum atomic E-state index is -2.74. The van der Waals surface area contributed by atoms with Crippen LogP contribution in [0.3, 0.4) is 0 Å². The molecule has 0 aromatic rings. The lowest BCUT2D eigenvalue weighted by Crippen LogP contribution is -2.61. The summed E-state index contributed by atoms with van der Waals surface area (Å²) < 4.78 is 6.51. The average molecular weight is 682 g/mol. The number of hydrogen-bond acceptors (Lipinski definition) is 9. The van der Waals surface area contributed by atoms with Gasteiger partial charge in [0.1, 0.15) is 11.9 Å². The van der Waals surface area contributed by atoms with Crippen LogP contribution in [0.2, 0.25) is 0 Å². The Balaban J connectivity index is 0.000000408. The number of ether oxygens (including phenoxy) is 1. The Bertz CT molecular complexity index is 1170. The van der Waals surface area contributed by atoms with Gasteiger partial charge in [-0.15, -0.1) is 0 Å². The Hall–Kier alpha value is -2.57. The molecule has 12 nitrogen and oxygen atoms in total. The number of esters is 1. The van der Waals surface area contributed by atoms with Gasteiger partial charge in [0.2, 0.25) is 0 Å². The van der Waals surface area contributed by atoms with Gasteiger partial charge in [-0.05, 0) is 112 Å². The number of ketones is 1. The minimum Gasteiger partial charge on any atom is -0.481 e. The number of carboxylic acids is 3. The molecular weight excluding hydrogens is 622 g/mol. The molecule has 0 unspecified atom stereocenters. The fraction of sp³-hybridized carbons (Fsp3) is 0.861. The first-order valence-electron chi connectivity index (χ1n) is 17.8. The first-order chi connectivity index (χ1) is 22.3. The van der Waals surface area contributed by atoms with E-state index in [-0.39, 0.29) is 40.8 Å². The molecule has 0 amide bonds. The van der Waals surface area contributed by atoms with Crippen LogP contribution < -0.4 is 0 Å². The van der Waals surface area contributed by atoms with Gasteiger partial charge in [0, 0.05) is 11.8 Å². The summed E-state index contributed by atoms with van der Waals surface area (Å²) in [5, 5.41) is 44.5. The van der Waals surface area contributed by atoms with Crippen molar-refractivity contribution in [2.24, 2.45) is 46.3 Å². The number of nitrogens with zero attached hydrogens (tertiary/aromatic N) is 1. The molecule has 4 saturated carbocycles. The van der Waals surface area contributed by atoms with Gasteiger partial charge >= 0.3 is 23.9 Å². The third kappa shape index (κ3) is 8.59. The van der Waals surface area contributed by atoms with Crippen molar-refractivity contribution in [2.75, 3.05) is 19.6 Å². The monoisotopic (exact) mass is 681 g/mol. The first kappa shape index (κ1) is 39.9. The molecule has 0 bridgehead atoms. The normalized spacial score (nSPS) is 35.7. The Kier molecular flexibility index (Phi) is 13.3. The Morgan fingerprint density at radius 2 is 1.46 bits per heavy atom. The standard InChI is InChI=1S/C30H51NO4.C6H8O7/c1-7-13-31(14-8-2)18-27(34)35-26-17-30(6)23(20(4)32)11-12-24(30)22-10-9-21-15-25(33)19(3)16-29(21,5)28(22)26;7-3(8)1-6(13,5(11)12)2-4(9)10/h19,21-26,28,33H,7-18H2,1-6H3;13H,1-2H2,(H,7,8)(H,9,10)(H,11,12)/t19-,21-,22-,23+,24-,25-,26-,28+,29-,30+;/m0./s1. The van der Waals surface area contributed by atoms with Gasteiger partial charge in [-0.25, -0.2) is 4.79 Å². The third-order valence-electron chi connectivity index (χ3n) is 12.4. The van der Waals surface area contributed by atoms with Crippen LogP contribution in [0.4, 0.5) is 0 Å². The van der Waals surface area contributed by atoms with Gasteiger partial charge in [-0.3, -0.25) is 24.1 Å². The molecule has 12 heteroatoms. The van der Waals surface area contributed by atoms with E-state index >= 15 is 0 Å². The molecule has 4 aliphatic rings. The molecule has 0 aromatic carbocycles. The summed E-state index contributed by atoms with van der Waals surface area (Å²) in [6.07, 6.45) is 6.52. The van der Waals surface area contributed by atoms with Gasteiger partial charge in [-0.1, -0.05) is 34.6 Å². The van der Waals surface area contributed by atoms with Crippen molar-refractivity contribution in [3.05, 3.63) is 0 Å². The van der Waals surface area contributed by atoms with E-state index in [2.05, 4.69) is 39.5 Å². The number of aliphatic hydroxyl groups excluding tert-OH is 1. The van der Waals surface area contributed by atoms with Crippen LogP contribution in [-0.4, -0.2) is 97.5 Å². The molecule has 48 heavy (non-hydrogen) atoms. The molecule has 0 aliphatic heterocycles. The van der Waals surface area contributed by atoms with Crippen LogP contribution in [0.15, 0.2) is 0 Å². The second kappa shape index (κ2) is 16.0. The van der Waals surface area contributed by atoms with E-state index in [0.717, 1.165) is 70.9 Å². The Labute approximate surface area is 284 Å². The summed E-state index contributed by atoms with van der Waals surface area (Å²) in [5.74, 6) is -2.59. The number of aliphatic carboxylic acids is 3. The molecule has 0 aromatic heterocycles. The van der Waals surface area contributed by atoms with Crippen molar-refractivity contribution >= 4 is 29.7 Å². The number of rotatable bonds is 13. The van der Waals surface area contributed by atoms with Gasteiger partial charge in [-0.2, -0.15) is 0 Å². The SMILES string of the molecule is CCCN(CCC)CC(=O)O[C@H]1C[C@]2(C)[C@@H](C(C)=O)CC[C@H]2[C@@H]2CC[C@H]3C[C@H](O)[C@@H](C)C[C@]3(C)[C@H]21.O=C(O)CC(O)(CC(=O)O)C(=O)O. The average Bonchev–Trinajstić information content (AvgIpc) is 3.30. The van der Waals surface area contributed by atoms with E-state index in [1.54, 1.807) is 6.92 Å². The van der Waals surface area contributed by atoms with E-state index in [9.17, 15) is 29.1 Å². The highest BCUT2D eigenvalue weighted by atomic mass is 16.5. The number of aliphatic hydroxyl groups is 2. The summed E-state index contributed by atoms with van der Waals surface area (Å²) in [6, 6.07) is 0. The molecule has 5 N–H and O–H groups in total. The van der Waals surface area contributed by atoms with Gasteiger partial charge in [0.05, 0.1) is 25.5 Å². The number of carbonyl (C=O) groups excluding carboxylic acids is 2. The number of hydrogen-bond donors (Lipinski definition) is 5. The van der Waals surface area contributed by atoms with Crippen molar-refractivity contribution in [3.63, 3.8) is 0 Å². The van der Waals surface area contributed by atoms with Crippen molar-refractivity contribution in [1.82, 2.24) is 4.90 Å². The largest absolute Gasteiger partial charge is 0.481 e. The highest BCUT2D eigenvalue weighted by molar-refractivity contribution is 5.88.